The van der Waals surface area contributed by atoms with Crippen LogP contribution >= 0.6 is 0 Å². The van der Waals surface area contributed by atoms with Gasteiger partial charge in [-0.25, -0.2) is 4.98 Å². The van der Waals surface area contributed by atoms with E-state index >= 15 is 0 Å². The van der Waals surface area contributed by atoms with Crippen LogP contribution < -0.4 is 0 Å². The quantitative estimate of drug-likeness (QED) is 0.733. The van der Waals surface area contributed by atoms with Crippen LogP contribution in [-0.2, 0) is 6.61 Å². The first-order valence-electron chi connectivity index (χ1n) is 3.98. The second kappa shape index (κ2) is 3.55. The molecule has 4 nitrogen and oxygen atoms in total. The molecule has 0 aliphatic rings. The van der Waals surface area contributed by atoms with Gasteiger partial charge in [0.2, 0.25) is 5.95 Å². The maximum atomic E-state index is 13.2. The third kappa shape index (κ3) is 1.38. The first-order valence-corrected chi connectivity index (χ1v) is 3.98. The van der Waals surface area contributed by atoms with Gasteiger partial charge in [-0.1, -0.05) is 5.16 Å². The molecule has 0 fully saturated rings. The van der Waals surface area contributed by atoms with E-state index in [0.717, 1.165) is 0 Å². The lowest BCUT2D eigenvalue weighted by atomic mass is 10.1. The highest BCUT2D eigenvalue weighted by atomic mass is 19.1. The summed E-state index contributed by atoms with van der Waals surface area (Å²) in [5, 5.41) is 12.5. The van der Waals surface area contributed by atoms with Crippen LogP contribution in [0.5, 0.6) is 0 Å². The molecule has 0 unspecified atom stereocenters. The van der Waals surface area contributed by atoms with Gasteiger partial charge in [0.05, 0.1) is 12.2 Å². The van der Waals surface area contributed by atoms with Crippen LogP contribution in [-0.4, -0.2) is 15.2 Å². The normalized spacial score (nSPS) is 10.4. The summed E-state index contributed by atoms with van der Waals surface area (Å²) in [5.74, 6) is -0.629. The van der Waals surface area contributed by atoms with Crippen molar-refractivity contribution in [2.75, 3.05) is 0 Å². The number of nitrogens with zero attached hydrogens (tertiary/aromatic N) is 2. The summed E-state index contributed by atoms with van der Waals surface area (Å²) in [6.07, 6.45) is 2.62. The van der Waals surface area contributed by atoms with Gasteiger partial charge in [0.25, 0.3) is 0 Å². The van der Waals surface area contributed by atoms with Crippen molar-refractivity contribution in [2.24, 2.45) is 0 Å². The Morgan fingerprint density at radius 2 is 2.36 bits per heavy atom. The molecule has 0 saturated heterocycles. The second-order valence-electron chi connectivity index (χ2n) is 2.69. The van der Waals surface area contributed by atoms with E-state index in [9.17, 15) is 4.39 Å². The van der Waals surface area contributed by atoms with Gasteiger partial charge < -0.3 is 9.63 Å². The topological polar surface area (TPSA) is 59.2 Å². The Morgan fingerprint density at radius 3 is 3.07 bits per heavy atom. The van der Waals surface area contributed by atoms with Gasteiger partial charge in [-0.3, -0.25) is 0 Å². The van der Waals surface area contributed by atoms with Crippen LogP contribution in [0.4, 0.5) is 4.39 Å². The van der Waals surface area contributed by atoms with Gasteiger partial charge in [-0.15, -0.1) is 0 Å². The predicted octanol–water partition coefficient (Wildman–Crippen LogP) is 1.37. The number of aliphatic hydroxyl groups excluding tert-OH is 1. The van der Waals surface area contributed by atoms with Crippen molar-refractivity contribution in [1.29, 1.82) is 0 Å². The van der Waals surface area contributed by atoms with E-state index in [1.807, 2.05) is 0 Å². The van der Waals surface area contributed by atoms with Crippen LogP contribution in [0.15, 0.2) is 29.1 Å². The number of halogens is 1. The highest BCUT2D eigenvalue weighted by Gasteiger charge is 2.13. The molecule has 72 valence electrons. The number of rotatable bonds is 2. The minimum absolute atomic E-state index is 0.227. The molecule has 0 aliphatic heterocycles. The van der Waals surface area contributed by atoms with Crippen molar-refractivity contribution in [3.05, 3.63) is 36.1 Å². The Morgan fingerprint density at radius 1 is 1.50 bits per heavy atom. The molecule has 2 heterocycles. The number of aromatic nitrogens is 2. The molecule has 0 radical (unpaired) electrons. The molecule has 0 aliphatic carbocycles. The molecule has 0 saturated carbocycles. The Hall–Kier alpha value is -1.75. The minimum atomic E-state index is -0.629. The maximum Gasteiger partial charge on any atom is 0.222 e. The van der Waals surface area contributed by atoms with Crippen LogP contribution in [0.25, 0.3) is 11.3 Å². The summed E-state index contributed by atoms with van der Waals surface area (Å²) in [6.45, 7) is -0.243. The van der Waals surface area contributed by atoms with Crippen molar-refractivity contribution < 1.29 is 14.0 Å². The molecular formula is C9H7FN2O2. The molecule has 0 aromatic carbocycles. The standard InChI is InChI=1S/C9H7FN2O2/c10-9-7(2-1-3-11-9)8-6(4-13)5-14-12-8/h1-3,5,13H,4H2. The van der Waals surface area contributed by atoms with Gasteiger partial charge in [0.1, 0.15) is 12.0 Å². The fraction of sp³-hybridized carbons (Fsp3) is 0.111. The molecule has 0 spiro atoms. The highest BCUT2D eigenvalue weighted by Crippen LogP contribution is 2.23. The molecule has 1 N–H and O–H groups in total. The monoisotopic (exact) mass is 194 g/mol. The number of hydrogen-bond acceptors (Lipinski definition) is 4. The zero-order valence-electron chi connectivity index (χ0n) is 7.14. The highest BCUT2D eigenvalue weighted by molar-refractivity contribution is 5.61. The molecule has 2 rings (SSSR count). The van der Waals surface area contributed by atoms with E-state index in [4.69, 9.17) is 5.11 Å². The van der Waals surface area contributed by atoms with Crippen molar-refractivity contribution in [3.8, 4) is 11.3 Å². The third-order valence-electron chi connectivity index (χ3n) is 1.83. The molecular weight excluding hydrogens is 187 g/mol. The van der Waals surface area contributed by atoms with Crippen LogP contribution in [0.2, 0.25) is 0 Å². The third-order valence-corrected chi connectivity index (χ3v) is 1.83. The van der Waals surface area contributed by atoms with Crippen molar-refractivity contribution in [2.45, 2.75) is 6.61 Å². The maximum absolute atomic E-state index is 13.2. The van der Waals surface area contributed by atoms with E-state index in [1.165, 1.54) is 18.5 Å². The number of hydrogen-bond donors (Lipinski definition) is 1. The average Bonchev–Trinajstić information content (AvgIpc) is 2.66. The molecule has 0 atom stereocenters. The summed E-state index contributed by atoms with van der Waals surface area (Å²) in [4.78, 5) is 3.48. The van der Waals surface area contributed by atoms with Gasteiger partial charge in [-0.2, -0.15) is 4.39 Å². The van der Waals surface area contributed by atoms with E-state index < -0.39 is 5.95 Å². The molecule has 0 amide bonds. The first kappa shape index (κ1) is 8.83. The van der Waals surface area contributed by atoms with E-state index in [2.05, 4.69) is 14.7 Å². The number of pyridine rings is 1. The molecule has 0 bridgehead atoms. The van der Waals surface area contributed by atoms with Gasteiger partial charge in [-0.05, 0) is 12.1 Å². The Bertz CT molecular complexity index is 442. The predicted molar refractivity (Wildman–Crippen MR) is 45.6 cm³/mol. The second-order valence-corrected chi connectivity index (χ2v) is 2.69. The summed E-state index contributed by atoms with van der Waals surface area (Å²) in [6, 6.07) is 3.12. The van der Waals surface area contributed by atoms with Crippen LogP contribution in [0, 0.1) is 5.95 Å². The lowest BCUT2D eigenvalue weighted by Gasteiger charge is -1.98. The van der Waals surface area contributed by atoms with Crippen molar-refractivity contribution in [1.82, 2.24) is 10.1 Å². The molecule has 2 aromatic heterocycles. The summed E-state index contributed by atoms with van der Waals surface area (Å²) in [7, 11) is 0. The summed E-state index contributed by atoms with van der Waals surface area (Å²) < 4.78 is 17.8. The van der Waals surface area contributed by atoms with Crippen molar-refractivity contribution >= 4 is 0 Å². The largest absolute Gasteiger partial charge is 0.391 e. The lowest BCUT2D eigenvalue weighted by Crippen LogP contribution is -1.91. The zero-order chi connectivity index (χ0) is 9.97. The van der Waals surface area contributed by atoms with E-state index in [0.29, 0.717) is 5.56 Å². The van der Waals surface area contributed by atoms with Crippen molar-refractivity contribution in [3.63, 3.8) is 0 Å². The Labute approximate surface area is 79.0 Å². The Balaban J connectivity index is 2.54. The first-order chi connectivity index (χ1) is 6.83. The molecule has 14 heavy (non-hydrogen) atoms. The summed E-state index contributed by atoms with van der Waals surface area (Å²) >= 11 is 0. The van der Waals surface area contributed by atoms with E-state index in [-0.39, 0.29) is 17.9 Å². The summed E-state index contributed by atoms with van der Waals surface area (Å²) in [5.41, 5.74) is 0.959. The van der Waals surface area contributed by atoms with Gasteiger partial charge >= 0.3 is 0 Å². The average molecular weight is 194 g/mol. The smallest absolute Gasteiger partial charge is 0.222 e. The lowest BCUT2D eigenvalue weighted by molar-refractivity contribution is 0.280. The minimum Gasteiger partial charge on any atom is -0.391 e. The fourth-order valence-corrected chi connectivity index (χ4v) is 1.15. The SMILES string of the molecule is OCc1conc1-c1cccnc1F. The van der Waals surface area contributed by atoms with E-state index in [1.54, 1.807) is 6.07 Å². The zero-order valence-corrected chi connectivity index (χ0v) is 7.14. The molecule has 2 aromatic rings. The number of aliphatic hydroxyl groups is 1. The van der Waals surface area contributed by atoms with Gasteiger partial charge in [0, 0.05) is 11.8 Å². The fourth-order valence-electron chi connectivity index (χ4n) is 1.15. The van der Waals surface area contributed by atoms with Crippen LogP contribution in [0.3, 0.4) is 0 Å². The van der Waals surface area contributed by atoms with Crippen LogP contribution in [0.1, 0.15) is 5.56 Å². The Kier molecular flexibility index (Phi) is 2.24. The van der Waals surface area contributed by atoms with Gasteiger partial charge in [0.15, 0.2) is 0 Å². The molecule has 5 heteroatoms.